The Morgan fingerprint density at radius 1 is 1.36 bits per heavy atom. The van der Waals surface area contributed by atoms with Crippen molar-refractivity contribution in [2.45, 2.75) is 0 Å². The molecule has 0 aliphatic rings. The van der Waals surface area contributed by atoms with Gasteiger partial charge in [0.1, 0.15) is 0 Å². The highest BCUT2D eigenvalue weighted by Crippen LogP contribution is 1.96. The molecule has 1 aromatic heterocycles. The Balaban J connectivity index is 0.000000500. The summed E-state index contributed by atoms with van der Waals surface area (Å²) in [6, 6.07) is 0. The predicted molar refractivity (Wildman–Crippen MR) is 48.6 cm³/mol. The molecule has 0 unspecified atom stereocenters. The van der Waals surface area contributed by atoms with E-state index < -0.39 is 7.12 Å². The van der Waals surface area contributed by atoms with Crippen LogP contribution >= 0.6 is 0 Å². The lowest BCUT2D eigenvalue weighted by molar-refractivity contribution is 0.392. The first-order valence-corrected chi connectivity index (χ1v) is 3.47. The van der Waals surface area contributed by atoms with Gasteiger partial charge in [0, 0.05) is 6.20 Å². The fourth-order valence-corrected chi connectivity index (χ4v) is 0.585. The van der Waals surface area contributed by atoms with E-state index >= 15 is 0 Å². The molecule has 0 bridgehead atoms. The summed E-state index contributed by atoms with van der Waals surface area (Å²) < 4.78 is 4.71. The first-order valence-electron chi connectivity index (χ1n) is 3.47. The molecular formula is C5H9B2N2O5. The maximum Gasteiger partial charge on any atom is 0.509 e. The van der Waals surface area contributed by atoms with Gasteiger partial charge in [0.15, 0.2) is 0 Å². The monoisotopic (exact) mass is 199 g/mol. The number of hydrogen-bond donors (Lipinski definition) is 4. The van der Waals surface area contributed by atoms with Gasteiger partial charge < -0.3 is 24.8 Å². The fourth-order valence-electron chi connectivity index (χ4n) is 0.585. The Labute approximate surface area is 81.5 Å². The summed E-state index contributed by atoms with van der Waals surface area (Å²) in [5.41, 5.74) is 0.0735. The Morgan fingerprint density at radius 2 is 1.93 bits per heavy atom. The average Bonchev–Trinajstić information content (AvgIpc) is 2.19. The van der Waals surface area contributed by atoms with Crippen LogP contribution in [-0.4, -0.2) is 52.0 Å². The maximum absolute atomic E-state index is 8.64. The van der Waals surface area contributed by atoms with Crippen LogP contribution in [0.15, 0.2) is 12.4 Å². The summed E-state index contributed by atoms with van der Waals surface area (Å²) in [6.45, 7) is 0. The number of ether oxygens (including phenoxy) is 1. The Hall–Kier alpha value is -1.15. The molecule has 0 saturated carbocycles. The van der Waals surface area contributed by atoms with E-state index in [1.165, 1.54) is 19.5 Å². The zero-order valence-corrected chi connectivity index (χ0v) is 7.40. The predicted octanol–water partition coefficient (Wildman–Crippen LogP) is -3.33. The van der Waals surface area contributed by atoms with Crippen LogP contribution in [0, 0.1) is 0 Å². The van der Waals surface area contributed by atoms with Gasteiger partial charge in [-0.3, -0.25) is 4.98 Å². The van der Waals surface area contributed by atoms with Crippen LogP contribution in [0.25, 0.3) is 0 Å². The number of nitrogens with zero attached hydrogens (tertiary/aromatic N) is 2. The van der Waals surface area contributed by atoms with E-state index in [1.807, 2.05) is 0 Å². The number of hydrogen-bond acceptors (Lipinski definition) is 7. The number of aromatic nitrogens is 2. The smallest absolute Gasteiger partial charge is 0.480 e. The molecule has 1 rings (SSSR count). The van der Waals surface area contributed by atoms with Gasteiger partial charge in [-0.2, -0.15) is 0 Å². The summed E-state index contributed by atoms with van der Waals surface area (Å²) in [5.74, 6) is 0.260. The molecule has 0 aromatic carbocycles. The topological polar surface area (TPSA) is 116 Å². The third-order valence-corrected chi connectivity index (χ3v) is 1.10. The average molecular weight is 199 g/mol. The van der Waals surface area contributed by atoms with Crippen LogP contribution < -0.4 is 10.3 Å². The van der Waals surface area contributed by atoms with Crippen molar-refractivity contribution in [1.29, 1.82) is 0 Å². The van der Waals surface area contributed by atoms with Crippen molar-refractivity contribution in [2.75, 3.05) is 7.11 Å². The molecule has 1 aromatic rings. The largest absolute Gasteiger partial charge is 0.509 e. The van der Waals surface area contributed by atoms with Crippen molar-refractivity contribution >= 4 is 20.4 Å². The standard InChI is InChI=1S/C5H7BN2O3.BH2O2/c1-11-5-3-7-2-4(8-5)6(9)10;2-1-3/h2-3,9-10H,1H3;2-3H. The molecule has 0 fully saturated rings. The third kappa shape index (κ3) is 4.77. The van der Waals surface area contributed by atoms with E-state index in [2.05, 4.69) is 9.97 Å². The zero-order chi connectivity index (χ0) is 11.0. The summed E-state index contributed by atoms with van der Waals surface area (Å²) in [6.07, 6.45) is 2.64. The normalized spacial score (nSPS) is 8.36. The molecule has 4 N–H and O–H groups in total. The van der Waals surface area contributed by atoms with Gasteiger partial charge in [0.25, 0.3) is 0 Å². The van der Waals surface area contributed by atoms with Crippen molar-refractivity contribution in [1.82, 2.24) is 9.97 Å². The van der Waals surface area contributed by atoms with Crippen molar-refractivity contribution in [2.24, 2.45) is 0 Å². The maximum atomic E-state index is 8.64. The van der Waals surface area contributed by atoms with E-state index in [0.29, 0.717) is 0 Å². The second kappa shape index (κ2) is 7.27. The highest BCUT2D eigenvalue weighted by molar-refractivity contribution is 6.57. The fraction of sp³-hybridized carbons (Fsp3) is 0.200. The quantitative estimate of drug-likeness (QED) is 0.368. The molecule has 9 heteroatoms. The molecule has 14 heavy (non-hydrogen) atoms. The summed E-state index contributed by atoms with van der Waals surface area (Å²) >= 11 is 0. The number of methoxy groups -OCH3 is 1. The van der Waals surface area contributed by atoms with Crippen LogP contribution in [0.4, 0.5) is 0 Å². The van der Waals surface area contributed by atoms with Crippen molar-refractivity contribution in [3.8, 4) is 5.88 Å². The highest BCUT2D eigenvalue weighted by atomic mass is 16.5. The molecular weight excluding hydrogens is 190 g/mol. The van der Waals surface area contributed by atoms with Crippen molar-refractivity contribution in [3.63, 3.8) is 0 Å². The second-order valence-corrected chi connectivity index (χ2v) is 1.98. The molecule has 0 spiro atoms. The lowest BCUT2D eigenvalue weighted by Gasteiger charge is -1.99. The Morgan fingerprint density at radius 3 is 2.36 bits per heavy atom. The summed E-state index contributed by atoms with van der Waals surface area (Å²) in [4.78, 5) is 7.38. The van der Waals surface area contributed by atoms with Crippen molar-refractivity contribution < 1.29 is 24.8 Å². The van der Waals surface area contributed by atoms with Gasteiger partial charge in [-0.05, 0) is 0 Å². The van der Waals surface area contributed by atoms with Gasteiger partial charge in [-0.25, -0.2) is 4.98 Å². The van der Waals surface area contributed by atoms with Gasteiger partial charge in [0.05, 0.1) is 18.9 Å². The molecule has 0 aliphatic heterocycles. The molecule has 0 atom stereocenters. The first kappa shape index (κ1) is 12.8. The second-order valence-electron chi connectivity index (χ2n) is 1.98. The molecule has 1 radical (unpaired) electrons. The highest BCUT2D eigenvalue weighted by Gasteiger charge is 2.13. The zero-order valence-electron chi connectivity index (χ0n) is 7.40. The Bertz CT molecular complexity index is 262. The van der Waals surface area contributed by atoms with Crippen LogP contribution in [0.5, 0.6) is 5.88 Å². The Kier molecular flexibility index (Phi) is 6.67. The lowest BCUT2D eigenvalue weighted by Crippen LogP contribution is -2.33. The third-order valence-electron chi connectivity index (χ3n) is 1.10. The first-order chi connectivity index (χ1) is 6.65. The molecule has 7 nitrogen and oxygen atoms in total. The van der Waals surface area contributed by atoms with Crippen LogP contribution in [0.3, 0.4) is 0 Å². The van der Waals surface area contributed by atoms with Gasteiger partial charge >= 0.3 is 14.8 Å². The molecule has 75 valence electrons. The van der Waals surface area contributed by atoms with Crippen LogP contribution in [-0.2, 0) is 0 Å². The lowest BCUT2D eigenvalue weighted by atomic mass is 9.87. The summed E-state index contributed by atoms with van der Waals surface area (Å²) in [7, 11) is -0.171. The minimum absolute atomic E-state index is 0. The SMILES string of the molecule is COc1cncc(B(O)O)n1.O[B]O. The molecule has 1 heterocycles. The van der Waals surface area contributed by atoms with E-state index in [0.717, 1.165) is 0 Å². The van der Waals surface area contributed by atoms with Gasteiger partial charge in [-0.15, -0.1) is 0 Å². The van der Waals surface area contributed by atoms with Gasteiger partial charge in [-0.1, -0.05) is 0 Å². The molecule has 0 saturated heterocycles. The molecule has 0 amide bonds. The van der Waals surface area contributed by atoms with Crippen LogP contribution in [0.2, 0.25) is 0 Å². The van der Waals surface area contributed by atoms with E-state index in [9.17, 15) is 0 Å². The van der Waals surface area contributed by atoms with E-state index in [-0.39, 0.29) is 19.2 Å². The van der Waals surface area contributed by atoms with E-state index in [1.54, 1.807) is 0 Å². The van der Waals surface area contributed by atoms with E-state index in [4.69, 9.17) is 24.8 Å². The van der Waals surface area contributed by atoms with Gasteiger partial charge in [0.2, 0.25) is 5.88 Å². The molecule has 0 aliphatic carbocycles. The minimum atomic E-state index is -1.60. The minimum Gasteiger partial charge on any atom is -0.480 e. The van der Waals surface area contributed by atoms with Crippen LogP contribution in [0.1, 0.15) is 0 Å². The number of rotatable bonds is 2. The van der Waals surface area contributed by atoms with Crippen molar-refractivity contribution in [3.05, 3.63) is 12.4 Å². The summed E-state index contributed by atoms with van der Waals surface area (Å²) in [5, 5.41) is 31.3.